The van der Waals surface area contributed by atoms with Gasteiger partial charge < -0.3 is 4.42 Å². The molecular weight excluding hydrogens is 260 g/mol. The van der Waals surface area contributed by atoms with E-state index >= 15 is 0 Å². The van der Waals surface area contributed by atoms with Crippen molar-refractivity contribution in [1.82, 2.24) is 5.43 Å². The molecule has 4 nitrogen and oxygen atoms in total. The summed E-state index contributed by atoms with van der Waals surface area (Å²) in [5, 5.41) is 0.816. The number of benzene rings is 1. The predicted molar refractivity (Wildman–Crippen MR) is 78.9 cm³/mol. The number of hydrogen-bond donors (Lipinski definition) is 2. The number of carbonyl (C=O) groups is 1. The summed E-state index contributed by atoms with van der Waals surface area (Å²) in [5.41, 5.74) is 3.48. The molecule has 5 heteroatoms. The van der Waals surface area contributed by atoms with Crippen molar-refractivity contribution in [2.75, 3.05) is 5.75 Å². The van der Waals surface area contributed by atoms with Crippen LogP contribution in [0.4, 0.5) is 0 Å². The predicted octanol–water partition coefficient (Wildman–Crippen LogP) is 3.07. The molecule has 2 aromatic rings. The molecule has 0 unspecified atom stereocenters. The maximum Gasteiger partial charge on any atom is 0.269 e. The van der Waals surface area contributed by atoms with Gasteiger partial charge in [0, 0.05) is 5.39 Å². The summed E-state index contributed by atoms with van der Waals surface area (Å²) in [7, 11) is 0. The van der Waals surface area contributed by atoms with Crippen molar-refractivity contribution < 1.29 is 9.21 Å². The number of nitrogen functional groups attached to an aromatic ring is 1. The molecule has 3 N–H and O–H groups in total. The van der Waals surface area contributed by atoms with Crippen LogP contribution < -0.4 is 11.3 Å². The highest BCUT2D eigenvalue weighted by atomic mass is 32.2. The van der Waals surface area contributed by atoms with Gasteiger partial charge in [-0.15, -0.1) is 0 Å². The molecule has 0 saturated heterocycles. The van der Waals surface area contributed by atoms with Crippen LogP contribution in [0.1, 0.15) is 35.9 Å². The van der Waals surface area contributed by atoms with Crippen LogP contribution in [0.5, 0.6) is 0 Å². The largest absolute Gasteiger partial charge is 0.459 e. The van der Waals surface area contributed by atoms with E-state index in [1.54, 1.807) is 11.8 Å². The lowest BCUT2D eigenvalue weighted by Crippen LogP contribution is -2.30. The normalized spacial score (nSPS) is 10.8. The molecule has 0 bridgehead atoms. The van der Waals surface area contributed by atoms with Gasteiger partial charge in [-0.3, -0.25) is 10.2 Å². The van der Waals surface area contributed by atoms with Gasteiger partial charge in [0.15, 0.2) is 0 Å². The molecule has 0 atom stereocenters. The highest BCUT2D eigenvalue weighted by molar-refractivity contribution is 7.98. The van der Waals surface area contributed by atoms with Crippen molar-refractivity contribution in [3.8, 4) is 0 Å². The molecule has 0 aliphatic heterocycles. The van der Waals surface area contributed by atoms with E-state index in [0.717, 1.165) is 16.7 Å². The third-order valence-corrected chi connectivity index (χ3v) is 3.95. The monoisotopic (exact) mass is 278 g/mol. The van der Waals surface area contributed by atoms with E-state index in [9.17, 15) is 4.79 Å². The molecule has 0 spiro atoms. The van der Waals surface area contributed by atoms with Gasteiger partial charge in [0.25, 0.3) is 5.91 Å². The molecule has 0 fully saturated rings. The van der Waals surface area contributed by atoms with Gasteiger partial charge in [-0.2, -0.15) is 11.8 Å². The Morgan fingerprint density at radius 1 is 1.42 bits per heavy atom. The lowest BCUT2D eigenvalue weighted by Gasteiger charge is -2.01. The Morgan fingerprint density at radius 2 is 2.21 bits per heavy atom. The van der Waals surface area contributed by atoms with E-state index in [-0.39, 0.29) is 5.91 Å². The number of amides is 1. The minimum Gasteiger partial charge on any atom is -0.459 e. The number of nitrogens with two attached hydrogens (primary N) is 1. The molecule has 102 valence electrons. The number of rotatable bonds is 6. The molecular formula is C14H18N2O2S. The Balaban J connectivity index is 2.28. The first-order valence-corrected chi connectivity index (χ1v) is 7.52. The standard InChI is InChI=1S/C14H18N2O2S/c1-2-3-8-19-9-12-13(14(17)16-15)10-6-4-5-7-11(10)18-12/h4-7H,2-3,8-9,15H2,1H3,(H,16,17). The van der Waals surface area contributed by atoms with E-state index in [0.29, 0.717) is 17.1 Å². The molecule has 0 aliphatic carbocycles. The number of para-hydroxylation sites is 1. The smallest absolute Gasteiger partial charge is 0.269 e. The van der Waals surface area contributed by atoms with Gasteiger partial charge in [0.05, 0.1) is 11.3 Å². The summed E-state index contributed by atoms with van der Waals surface area (Å²) in [5.74, 6) is 7.41. The number of hydrazine groups is 1. The summed E-state index contributed by atoms with van der Waals surface area (Å²) in [6.07, 6.45) is 2.34. The second-order valence-electron chi connectivity index (χ2n) is 4.28. The van der Waals surface area contributed by atoms with Gasteiger partial charge in [0.1, 0.15) is 11.3 Å². The number of nitrogens with one attached hydrogen (secondary N) is 1. The summed E-state index contributed by atoms with van der Waals surface area (Å²) >= 11 is 1.77. The van der Waals surface area contributed by atoms with Crippen molar-refractivity contribution in [2.24, 2.45) is 5.84 Å². The van der Waals surface area contributed by atoms with E-state index < -0.39 is 0 Å². The summed E-state index contributed by atoms with van der Waals surface area (Å²) < 4.78 is 5.77. The van der Waals surface area contributed by atoms with Crippen LogP contribution >= 0.6 is 11.8 Å². The van der Waals surface area contributed by atoms with Gasteiger partial charge >= 0.3 is 0 Å². The fraction of sp³-hybridized carbons (Fsp3) is 0.357. The van der Waals surface area contributed by atoms with Crippen LogP contribution in [0.15, 0.2) is 28.7 Å². The second kappa shape index (κ2) is 6.63. The number of hydrogen-bond acceptors (Lipinski definition) is 4. The Bertz CT molecular complexity index is 566. The second-order valence-corrected chi connectivity index (χ2v) is 5.38. The molecule has 0 radical (unpaired) electrons. The van der Waals surface area contributed by atoms with Crippen molar-refractivity contribution in [2.45, 2.75) is 25.5 Å². The molecule has 1 heterocycles. The number of fused-ring (bicyclic) bond motifs is 1. The van der Waals surface area contributed by atoms with Gasteiger partial charge in [-0.25, -0.2) is 5.84 Å². The first-order valence-electron chi connectivity index (χ1n) is 6.37. The summed E-state index contributed by atoms with van der Waals surface area (Å²) in [4.78, 5) is 11.9. The Morgan fingerprint density at radius 3 is 2.95 bits per heavy atom. The average molecular weight is 278 g/mol. The van der Waals surface area contributed by atoms with Crippen LogP contribution in [0, 0.1) is 0 Å². The number of carbonyl (C=O) groups excluding carboxylic acids is 1. The Labute approximate surface area is 116 Å². The topological polar surface area (TPSA) is 68.3 Å². The van der Waals surface area contributed by atoms with Gasteiger partial charge in [0.2, 0.25) is 0 Å². The van der Waals surface area contributed by atoms with Crippen LogP contribution in [0.2, 0.25) is 0 Å². The zero-order valence-electron chi connectivity index (χ0n) is 10.9. The van der Waals surface area contributed by atoms with Crippen molar-refractivity contribution in [1.29, 1.82) is 0 Å². The van der Waals surface area contributed by atoms with Crippen molar-refractivity contribution in [3.63, 3.8) is 0 Å². The van der Waals surface area contributed by atoms with E-state index in [2.05, 4.69) is 12.3 Å². The Kier molecular flexibility index (Phi) is 4.87. The maximum absolute atomic E-state index is 11.9. The molecule has 0 aliphatic rings. The Hall–Kier alpha value is -1.46. The molecule has 1 aromatic heterocycles. The van der Waals surface area contributed by atoms with Crippen molar-refractivity contribution >= 4 is 28.6 Å². The summed E-state index contributed by atoms with van der Waals surface area (Å²) in [6, 6.07) is 7.52. The van der Waals surface area contributed by atoms with E-state index in [1.807, 2.05) is 24.3 Å². The number of unbranched alkanes of at least 4 members (excludes halogenated alkanes) is 1. The first-order chi connectivity index (χ1) is 9.27. The maximum atomic E-state index is 11.9. The van der Waals surface area contributed by atoms with E-state index in [1.165, 1.54) is 12.8 Å². The third-order valence-electron chi connectivity index (χ3n) is 2.90. The quantitative estimate of drug-likeness (QED) is 0.369. The molecule has 1 amide bonds. The SMILES string of the molecule is CCCCSCc1oc2ccccc2c1C(=O)NN. The minimum absolute atomic E-state index is 0.295. The van der Waals surface area contributed by atoms with Crippen LogP contribution in [0.3, 0.4) is 0 Å². The van der Waals surface area contributed by atoms with E-state index in [4.69, 9.17) is 10.3 Å². The lowest BCUT2D eigenvalue weighted by molar-refractivity contribution is 0.0953. The fourth-order valence-electron chi connectivity index (χ4n) is 1.93. The number of furan rings is 1. The highest BCUT2D eigenvalue weighted by Crippen LogP contribution is 2.28. The first kappa shape index (κ1) is 14.0. The van der Waals surface area contributed by atoms with Gasteiger partial charge in [-0.05, 0) is 18.2 Å². The molecule has 19 heavy (non-hydrogen) atoms. The molecule has 2 rings (SSSR count). The summed E-state index contributed by atoms with van der Waals surface area (Å²) in [6.45, 7) is 2.16. The zero-order valence-corrected chi connectivity index (χ0v) is 11.8. The van der Waals surface area contributed by atoms with Crippen LogP contribution in [0.25, 0.3) is 11.0 Å². The number of thioether (sulfide) groups is 1. The highest BCUT2D eigenvalue weighted by Gasteiger charge is 2.19. The van der Waals surface area contributed by atoms with Crippen LogP contribution in [-0.2, 0) is 5.75 Å². The average Bonchev–Trinajstić information content (AvgIpc) is 2.81. The van der Waals surface area contributed by atoms with Crippen LogP contribution in [-0.4, -0.2) is 11.7 Å². The van der Waals surface area contributed by atoms with Gasteiger partial charge in [-0.1, -0.05) is 31.5 Å². The lowest BCUT2D eigenvalue weighted by atomic mass is 10.1. The minimum atomic E-state index is -0.295. The molecule has 1 aromatic carbocycles. The third kappa shape index (κ3) is 3.11. The molecule has 0 saturated carbocycles. The van der Waals surface area contributed by atoms with Crippen molar-refractivity contribution in [3.05, 3.63) is 35.6 Å². The fourth-order valence-corrected chi connectivity index (χ4v) is 2.96. The zero-order chi connectivity index (χ0) is 13.7.